The Labute approximate surface area is 217 Å². The van der Waals surface area contributed by atoms with Gasteiger partial charge < -0.3 is 20.2 Å². The Hall–Kier alpha value is -3.52. The summed E-state index contributed by atoms with van der Waals surface area (Å²) in [5.41, 5.74) is 6.29. The zero-order valence-electron chi connectivity index (χ0n) is 22.1. The number of anilines is 1. The van der Waals surface area contributed by atoms with E-state index in [9.17, 15) is 4.79 Å². The lowest BCUT2D eigenvalue weighted by molar-refractivity contribution is 0.102. The lowest BCUT2D eigenvalue weighted by Crippen LogP contribution is -2.47. The van der Waals surface area contributed by atoms with Crippen LogP contribution >= 0.6 is 0 Å². The summed E-state index contributed by atoms with van der Waals surface area (Å²) < 4.78 is 2.01. The Morgan fingerprint density at radius 3 is 2.73 bits per heavy atom. The number of fused-ring (bicyclic) bond motifs is 1. The zero-order chi connectivity index (χ0) is 25.8. The molecule has 3 aromatic heterocycles. The lowest BCUT2D eigenvalue weighted by Gasteiger charge is -2.46. The van der Waals surface area contributed by atoms with Gasteiger partial charge in [0.2, 0.25) is 0 Å². The number of carbonyl (C=O) groups excluding carboxylic acids is 1. The molecule has 1 amide bonds. The quantitative estimate of drug-likeness (QED) is 0.334. The van der Waals surface area contributed by atoms with E-state index in [1.165, 1.54) is 19.3 Å². The van der Waals surface area contributed by atoms with Crippen molar-refractivity contribution in [2.24, 2.45) is 13.0 Å². The molecule has 2 fully saturated rings. The van der Waals surface area contributed by atoms with Crippen molar-refractivity contribution in [3.63, 3.8) is 0 Å². The average Bonchev–Trinajstić information content (AvgIpc) is 3.45. The van der Waals surface area contributed by atoms with E-state index in [4.69, 9.17) is 4.98 Å². The standard InChI is InChI=1S/C29H35N7O/c1-18-13-29(14-18,27-35-32-17-36(27)4)21-7-5-8-22(12-21)33-26(37)23-11-20(16-31-28(3)9-6-10-28)25-24(34-23)19(2)15-30-25/h5,7-8,11-12,15,17-18,30-31H,6,9-10,13-14,16H2,1-4H3,(H,33,37). The summed E-state index contributed by atoms with van der Waals surface area (Å²) in [7, 11) is 1.99. The van der Waals surface area contributed by atoms with Gasteiger partial charge >= 0.3 is 0 Å². The first-order chi connectivity index (χ1) is 17.8. The number of hydrogen-bond donors (Lipinski definition) is 3. The van der Waals surface area contributed by atoms with E-state index >= 15 is 0 Å². The third-order valence-electron chi connectivity index (χ3n) is 8.51. The molecule has 2 saturated carbocycles. The molecular formula is C29H35N7O. The summed E-state index contributed by atoms with van der Waals surface area (Å²) in [5.74, 6) is 1.39. The summed E-state index contributed by atoms with van der Waals surface area (Å²) in [4.78, 5) is 21.6. The van der Waals surface area contributed by atoms with Crippen LogP contribution < -0.4 is 10.6 Å². The number of carbonyl (C=O) groups is 1. The fourth-order valence-corrected chi connectivity index (χ4v) is 6.22. The van der Waals surface area contributed by atoms with Crippen molar-refractivity contribution in [3.8, 4) is 0 Å². The van der Waals surface area contributed by atoms with Crippen LogP contribution in [-0.2, 0) is 19.0 Å². The average molecular weight is 498 g/mol. The van der Waals surface area contributed by atoms with Gasteiger partial charge in [0.05, 0.1) is 16.4 Å². The third kappa shape index (κ3) is 4.13. The number of aromatic amines is 1. The Bertz CT molecular complexity index is 1470. The van der Waals surface area contributed by atoms with E-state index < -0.39 is 0 Å². The molecule has 0 unspecified atom stereocenters. The molecule has 0 saturated heterocycles. The largest absolute Gasteiger partial charge is 0.359 e. The van der Waals surface area contributed by atoms with E-state index in [1.54, 1.807) is 6.33 Å². The van der Waals surface area contributed by atoms with Crippen LogP contribution in [0.4, 0.5) is 5.69 Å². The Morgan fingerprint density at radius 1 is 1.24 bits per heavy atom. The third-order valence-corrected chi connectivity index (χ3v) is 8.51. The number of nitrogens with zero attached hydrogens (tertiary/aromatic N) is 4. The van der Waals surface area contributed by atoms with Crippen LogP contribution in [0.1, 0.15) is 79.0 Å². The highest BCUT2D eigenvalue weighted by Gasteiger charge is 2.48. The van der Waals surface area contributed by atoms with E-state index in [0.717, 1.165) is 52.1 Å². The number of nitrogens with one attached hydrogen (secondary N) is 3. The molecule has 2 aliphatic carbocycles. The topological polar surface area (TPSA) is 101 Å². The van der Waals surface area contributed by atoms with Crippen LogP contribution in [0.5, 0.6) is 0 Å². The molecule has 1 aromatic carbocycles. The van der Waals surface area contributed by atoms with Gasteiger partial charge in [-0.2, -0.15) is 0 Å². The van der Waals surface area contributed by atoms with Gasteiger partial charge in [0.15, 0.2) is 0 Å². The molecule has 192 valence electrons. The fraction of sp³-hybridized carbons (Fsp3) is 0.448. The maximum atomic E-state index is 13.5. The van der Waals surface area contributed by atoms with Crippen molar-refractivity contribution in [3.05, 3.63) is 71.1 Å². The molecule has 0 bridgehead atoms. The summed E-state index contributed by atoms with van der Waals surface area (Å²) in [6.07, 6.45) is 9.37. The first kappa shape index (κ1) is 23.9. The van der Waals surface area contributed by atoms with Gasteiger partial charge in [0, 0.05) is 31.0 Å². The number of aromatic nitrogens is 5. The van der Waals surface area contributed by atoms with E-state index in [1.807, 2.05) is 42.9 Å². The summed E-state index contributed by atoms with van der Waals surface area (Å²) in [5, 5.41) is 15.4. The smallest absolute Gasteiger partial charge is 0.274 e. The van der Waals surface area contributed by atoms with Gasteiger partial charge in [-0.05, 0) is 86.8 Å². The SMILES string of the molecule is Cc1c[nH]c2c(CNC3(C)CCC3)cc(C(=O)Nc3cccc(C4(c5nncn5C)CC(C)C4)c3)nc12. The molecule has 3 N–H and O–H groups in total. The van der Waals surface area contributed by atoms with Crippen LogP contribution in [0.3, 0.4) is 0 Å². The Balaban J connectivity index is 1.28. The minimum absolute atomic E-state index is 0.178. The molecule has 0 atom stereocenters. The highest BCUT2D eigenvalue weighted by atomic mass is 16.1. The fourth-order valence-electron chi connectivity index (χ4n) is 6.22. The van der Waals surface area contributed by atoms with Gasteiger partial charge in [-0.3, -0.25) is 4.79 Å². The number of H-pyrrole nitrogens is 1. The molecular weight excluding hydrogens is 462 g/mol. The van der Waals surface area contributed by atoms with Crippen LogP contribution in [0.15, 0.2) is 42.9 Å². The predicted molar refractivity (Wildman–Crippen MR) is 145 cm³/mol. The molecule has 2 aliphatic rings. The van der Waals surface area contributed by atoms with Gasteiger partial charge in [0.1, 0.15) is 17.8 Å². The summed E-state index contributed by atoms with van der Waals surface area (Å²) in [6.45, 7) is 7.26. The Kier molecular flexibility index (Phi) is 5.67. The number of amides is 1. The molecule has 4 aromatic rings. The van der Waals surface area contributed by atoms with Crippen molar-refractivity contribution in [2.45, 2.75) is 70.4 Å². The normalized spacial score (nSPS) is 22.4. The molecule has 0 spiro atoms. The second-order valence-electron chi connectivity index (χ2n) is 11.5. The van der Waals surface area contributed by atoms with Crippen LogP contribution in [0.25, 0.3) is 11.0 Å². The number of aryl methyl sites for hydroxylation is 2. The highest BCUT2D eigenvalue weighted by molar-refractivity contribution is 6.04. The first-order valence-electron chi connectivity index (χ1n) is 13.3. The molecule has 8 heteroatoms. The second-order valence-corrected chi connectivity index (χ2v) is 11.5. The minimum atomic E-state index is -0.203. The lowest BCUT2D eigenvalue weighted by atomic mass is 9.58. The second kappa shape index (κ2) is 8.80. The molecule has 0 aliphatic heterocycles. The van der Waals surface area contributed by atoms with Crippen molar-refractivity contribution >= 4 is 22.6 Å². The number of benzene rings is 1. The number of pyridine rings is 1. The molecule has 37 heavy (non-hydrogen) atoms. The summed E-state index contributed by atoms with van der Waals surface area (Å²) >= 11 is 0. The maximum absolute atomic E-state index is 13.5. The number of rotatable bonds is 7. The van der Waals surface area contributed by atoms with Gasteiger partial charge in [-0.25, -0.2) is 4.98 Å². The van der Waals surface area contributed by atoms with Crippen molar-refractivity contribution in [1.82, 2.24) is 30.0 Å². The molecule has 6 rings (SSSR count). The van der Waals surface area contributed by atoms with Crippen LogP contribution in [0, 0.1) is 12.8 Å². The zero-order valence-corrected chi connectivity index (χ0v) is 22.1. The Morgan fingerprint density at radius 2 is 2.05 bits per heavy atom. The van der Waals surface area contributed by atoms with E-state index in [-0.39, 0.29) is 16.9 Å². The highest BCUT2D eigenvalue weighted by Crippen LogP contribution is 2.51. The molecule has 0 radical (unpaired) electrons. The van der Waals surface area contributed by atoms with Gasteiger partial charge in [-0.15, -0.1) is 10.2 Å². The number of hydrogen-bond acceptors (Lipinski definition) is 5. The van der Waals surface area contributed by atoms with Crippen LogP contribution in [-0.4, -0.2) is 36.2 Å². The monoisotopic (exact) mass is 497 g/mol. The summed E-state index contributed by atoms with van der Waals surface area (Å²) in [6, 6.07) is 10.1. The van der Waals surface area contributed by atoms with E-state index in [0.29, 0.717) is 18.2 Å². The van der Waals surface area contributed by atoms with Gasteiger partial charge in [-0.1, -0.05) is 19.1 Å². The van der Waals surface area contributed by atoms with Gasteiger partial charge in [0.25, 0.3) is 5.91 Å². The van der Waals surface area contributed by atoms with Crippen molar-refractivity contribution in [1.29, 1.82) is 0 Å². The predicted octanol–water partition coefficient (Wildman–Crippen LogP) is 5.00. The van der Waals surface area contributed by atoms with Crippen molar-refractivity contribution in [2.75, 3.05) is 5.32 Å². The van der Waals surface area contributed by atoms with E-state index in [2.05, 4.69) is 51.8 Å². The molecule has 8 nitrogen and oxygen atoms in total. The van der Waals surface area contributed by atoms with Crippen LogP contribution in [0.2, 0.25) is 0 Å². The maximum Gasteiger partial charge on any atom is 0.274 e. The van der Waals surface area contributed by atoms with Crippen molar-refractivity contribution < 1.29 is 4.79 Å². The molecule has 3 heterocycles. The minimum Gasteiger partial charge on any atom is -0.359 e. The first-order valence-corrected chi connectivity index (χ1v) is 13.3.